The van der Waals surface area contributed by atoms with Crippen molar-refractivity contribution in [1.82, 2.24) is 0 Å². The molecule has 0 saturated heterocycles. The van der Waals surface area contributed by atoms with Crippen LogP contribution in [0.3, 0.4) is 0 Å². The lowest BCUT2D eigenvalue weighted by molar-refractivity contribution is -0.137. The fraction of sp³-hybridized carbons (Fsp3) is 0.200. The molecule has 0 saturated carbocycles. The molecule has 0 bridgehead atoms. The van der Waals surface area contributed by atoms with Crippen LogP contribution in [0.2, 0.25) is 5.02 Å². The Bertz CT molecular complexity index is 653. The van der Waals surface area contributed by atoms with E-state index < -0.39 is 17.6 Å². The maximum Gasteiger partial charge on any atom is 0.416 e. The summed E-state index contributed by atoms with van der Waals surface area (Å²) in [6.45, 7) is 1.91. The molecule has 0 heterocycles. The highest BCUT2D eigenvalue weighted by Crippen LogP contribution is 2.30. The van der Waals surface area contributed by atoms with E-state index in [1.807, 2.05) is 6.92 Å². The highest BCUT2D eigenvalue weighted by molar-refractivity contribution is 6.30. The zero-order valence-electron chi connectivity index (χ0n) is 11.1. The van der Waals surface area contributed by atoms with Crippen molar-refractivity contribution < 1.29 is 17.6 Å². The van der Waals surface area contributed by atoms with Crippen molar-refractivity contribution in [3.05, 3.63) is 63.9 Å². The van der Waals surface area contributed by atoms with Crippen molar-refractivity contribution in [3.8, 4) is 0 Å². The van der Waals surface area contributed by atoms with Crippen LogP contribution in [0.1, 0.15) is 16.7 Å². The van der Waals surface area contributed by atoms with Crippen LogP contribution < -0.4 is 5.32 Å². The van der Waals surface area contributed by atoms with Gasteiger partial charge in [0.25, 0.3) is 0 Å². The van der Waals surface area contributed by atoms with E-state index in [0.717, 1.165) is 23.4 Å². The third-order valence-corrected chi connectivity index (χ3v) is 3.19. The van der Waals surface area contributed by atoms with Crippen molar-refractivity contribution in [2.75, 3.05) is 5.32 Å². The molecule has 0 fully saturated rings. The molecule has 0 aliphatic carbocycles. The predicted molar refractivity (Wildman–Crippen MR) is 74.9 cm³/mol. The van der Waals surface area contributed by atoms with Gasteiger partial charge in [0.2, 0.25) is 0 Å². The van der Waals surface area contributed by atoms with Gasteiger partial charge in [-0.15, -0.1) is 0 Å². The summed E-state index contributed by atoms with van der Waals surface area (Å²) in [5.41, 5.74) is 0.816. The van der Waals surface area contributed by atoms with Crippen molar-refractivity contribution in [1.29, 1.82) is 0 Å². The summed E-state index contributed by atoms with van der Waals surface area (Å²) in [5.74, 6) is -0.908. The van der Waals surface area contributed by atoms with E-state index in [0.29, 0.717) is 11.1 Å². The van der Waals surface area contributed by atoms with Gasteiger partial charge in [0.05, 0.1) is 5.56 Å². The largest absolute Gasteiger partial charge is 0.416 e. The number of benzene rings is 2. The second kappa shape index (κ2) is 5.93. The molecule has 2 aromatic rings. The van der Waals surface area contributed by atoms with E-state index in [1.54, 1.807) is 18.2 Å². The first kappa shape index (κ1) is 15.6. The molecule has 0 unspecified atom stereocenters. The molecule has 0 amide bonds. The zero-order valence-corrected chi connectivity index (χ0v) is 11.8. The highest BCUT2D eigenvalue weighted by Gasteiger charge is 2.31. The van der Waals surface area contributed by atoms with Gasteiger partial charge in [0.1, 0.15) is 5.82 Å². The summed E-state index contributed by atoms with van der Waals surface area (Å²) in [5, 5.41) is 3.54. The highest BCUT2D eigenvalue weighted by atomic mass is 35.5. The van der Waals surface area contributed by atoms with Crippen LogP contribution in [0.5, 0.6) is 0 Å². The molecule has 6 heteroatoms. The van der Waals surface area contributed by atoms with Gasteiger partial charge in [-0.25, -0.2) is 4.39 Å². The van der Waals surface area contributed by atoms with Gasteiger partial charge in [-0.2, -0.15) is 13.2 Å². The zero-order chi connectivity index (χ0) is 15.6. The number of hydrogen-bond donors (Lipinski definition) is 1. The maximum absolute atomic E-state index is 13.3. The molecule has 2 rings (SSSR count). The fourth-order valence-electron chi connectivity index (χ4n) is 1.94. The van der Waals surface area contributed by atoms with E-state index in [-0.39, 0.29) is 12.1 Å². The van der Waals surface area contributed by atoms with Crippen molar-refractivity contribution >= 4 is 17.3 Å². The maximum atomic E-state index is 13.3. The lowest BCUT2D eigenvalue weighted by Crippen LogP contribution is -2.08. The first-order valence-corrected chi connectivity index (χ1v) is 6.50. The van der Waals surface area contributed by atoms with Gasteiger partial charge in [-0.3, -0.25) is 0 Å². The minimum Gasteiger partial charge on any atom is -0.381 e. The lowest BCUT2D eigenvalue weighted by Gasteiger charge is -2.12. The normalized spacial score (nSPS) is 11.5. The van der Waals surface area contributed by atoms with Gasteiger partial charge in [0.15, 0.2) is 0 Å². The van der Waals surface area contributed by atoms with Crippen LogP contribution >= 0.6 is 11.6 Å². The van der Waals surface area contributed by atoms with E-state index in [1.165, 1.54) is 0 Å². The number of hydrogen-bond acceptors (Lipinski definition) is 1. The number of nitrogens with one attached hydrogen (secondary N) is 1. The third kappa shape index (κ3) is 4.11. The molecule has 0 atom stereocenters. The average Bonchev–Trinajstić information content (AvgIpc) is 2.36. The molecule has 1 N–H and O–H groups in total. The Morgan fingerprint density at radius 1 is 1.10 bits per heavy atom. The second-order valence-corrected chi connectivity index (χ2v) is 5.10. The van der Waals surface area contributed by atoms with Gasteiger partial charge >= 0.3 is 6.18 Å². The van der Waals surface area contributed by atoms with Crippen LogP contribution in [-0.2, 0) is 12.7 Å². The standard InChI is InChI=1S/C15H12ClF4N/c1-9-4-12(16)2-3-14(9)21-8-10-5-11(15(18,19)20)7-13(17)6-10/h2-7,21H,8H2,1H3. The van der Waals surface area contributed by atoms with E-state index in [2.05, 4.69) is 5.32 Å². The molecular weight excluding hydrogens is 306 g/mol. The molecule has 21 heavy (non-hydrogen) atoms. The number of anilines is 1. The first-order chi connectivity index (χ1) is 9.75. The summed E-state index contributed by atoms with van der Waals surface area (Å²) in [4.78, 5) is 0. The quantitative estimate of drug-likeness (QED) is 0.745. The molecule has 0 radical (unpaired) electrons. The van der Waals surface area contributed by atoms with Crippen LogP contribution in [0, 0.1) is 12.7 Å². The van der Waals surface area contributed by atoms with E-state index in [9.17, 15) is 17.6 Å². The molecule has 2 aromatic carbocycles. The Labute approximate surface area is 124 Å². The summed E-state index contributed by atoms with van der Waals surface area (Å²) < 4.78 is 51.1. The minimum atomic E-state index is -4.56. The minimum absolute atomic E-state index is 0.0866. The van der Waals surface area contributed by atoms with Gasteiger partial charge in [-0.05, 0) is 54.4 Å². The molecule has 0 aromatic heterocycles. The topological polar surface area (TPSA) is 12.0 Å². The number of aryl methyl sites for hydroxylation is 1. The van der Waals surface area contributed by atoms with Crippen LogP contribution in [-0.4, -0.2) is 0 Å². The molecule has 1 nitrogen and oxygen atoms in total. The molecule has 0 aliphatic heterocycles. The molecule has 112 valence electrons. The van der Waals surface area contributed by atoms with Crippen LogP contribution in [0.25, 0.3) is 0 Å². The Hall–Kier alpha value is -1.75. The Morgan fingerprint density at radius 3 is 2.43 bits per heavy atom. The Balaban J connectivity index is 2.18. The summed E-state index contributed by atoms with van der Waals surface area (Å²) >= 11 is 5.82. The summed E-state index contributed by atoms with van der Waals surface area (Å²) in [6, 6.07) is 7.62. The van der Waals surface area contributed by atoms with Crippen molar-refractivity contribution in [2.45, 2.75) is 19.6 Å². The number of rotatable bonds is 3. The Morgan fingerprint density at radius 2 is 1.81 bits per heavy atom. The Kier molecular flexibility index (Phi) is 4.42. The van der Waals surface area contributed by atoms with E-state index >= 15 is 0 Å². The molecule has 0 aliphatic rings. The number of alkyl halides is 3. The number of halogens is 5. The van der Waals surface area contributed by atoms with Crippen molar-refractivity contribution in [2.24, 2.45) is 0 Å². The van der Waals surface area contributed by atoms with Gasteiger partial charge in [0, 0.05) is 17.3 Å². The second-order valence-electron chi connectivity index (χ2n) is 4.66. The lowest BCUT2D eigenvalue weighted by atomic mass is 10.1. The SMILES string of the molecule is Cc1cc(Cl)ccc1NCc1cc(F)cc(C(F)(F)F)c1. The predicted octanol–water partition coefficient (Wildman–Crippen LogP) is 5.42. The van der Waals surface area contributed by atoms with Crippen molar-refractivity contribution in [3.63, 3.8) is 0 Å². The van der Waals surface area contributed by atoms with Gasteiger partial charge in [-0.1, -0.05) is 11.6 Å². The molecule has 0 spiro atoms. The fourth-order valence-corrected chi connectivity index (χ4v) is 2.17. The first-order valence-electron chi connectivity index (χ1n) is 6.12. The average molecular weight is 318 g/mol. The summed E-state index contributed by atoms with van der Waals surface area (Å²) in [6.07, 6.45) is -4.56. The molecular formula is C15H12ClF4N. The van der Waals surface area contributed by atoms with Gasteiger partial charge < -0.3 is 5.32 Å². The van der Waals surface area contributed by atoms with Crippen LogP contribution in [0.4, 0.5) is 23.2 Å². The van der Waals surface area contributed by atoms with E-state index in [4.69, 9.17) is 11.6 Å². The third-order valence-electron chi connectivity index (χ3n) is 2.96. The van der Waals surface area contributed by atoms with Crippen LogP contribution in [0.15, 0.2) is 36.4 Å². The summed E-state index contributed by atoms with van der Waals surface area (Å²) in [7, 11) is 0. The smallest absolute Gasteiger partial charge is 0.381 e. The monoisotopic (exact) mass is 317 g/mol.